The Morgan fingerprint density at radius 3 is 1.93 bits per heavy atom. The number of phenolic OH excluding ortho intramolecular Hbond substituents is 1. The minimum absolute atomic E-state index is 0.0460. The zero-order valence-corrected chi connectivity index (χ0v) is 8.30. The molecule has 0 aromatic heterocycles. The van der Waals surface area contributed by atoms with Crippen molar-refractivity contribution in [1.29, 1.82) is 0 Å². The highest BCUT2D eigenvalue weighted by Gasteiger charge is 2.52. The van der Waals surface area contributed by atoms with Crippen LogP contribution in [-0.2, 0) is 10.3 Å². The van der Waals surface area contributed by atoms with Crippen LogP contribution in [0.4, 0.5) is 13.2 Å². The van der Waals surface area contributed by atoms with Crippen LogP contribution in [-0.4, -0.2) is 18.4 Å². The number of hydrogen-bond acceptors (Lipinski definition) is 2. The van der Waals surface area contributed by atoms with Crippen LogP contribution in [0.2, 0.25) is 0 Å². The van der Waals surface area contributed by atoms with Crippen LogP contribution in [0.3, 0.4) is 0 Å². The van der Waals surface area contributed by atoms with Crippen LogP contribution in [0.1, 0.15) is 12.5 Å². The SMILES string of the molecule is COC(C)(c1ccc(O)cc1)C(F)(F)F. The third-order valence-corrected chi connectivity index (χ3v) is 2.37. The van der Waals surface area contributed by atoms with E-state index in [4.69, 9.17) is 5.11 Å². The van der Waals surface area contributed by atoms with Gasteiger partial charge < -0.3 is 9.84 Å². The summed E-state index contributed by atoms with van der Waals surface area (Å²) < 4.78 is 42.6. The molecule has 0 aliphatic rings. The van der Waals surface area contributed by atoms with Crippen LogP contribution in [0, 0.1) is 0 Å². The van der Waals surface area contributed by atoms with E-state index in [0.29, 0.717) is 0 Å². The molecule has 0 saturated heterocycles. The minimum atomic E-state index is -4.50. The van der Waals surface area contributed by atoms with Gasteiger partial charge >= 0.3 is 6.18 Å². The molecule has 1 aromatic rings. The van der Waals surface area contributed by atoms with Gasteiger partial charge in [-0.15, -0.1) is 0 Å². The van der Waals surface area contributed by atoms with E-state index in [1.165, 1.54) is 24.3 Å². The molecule has 1 N–H and O–H groups in total. The molecule has 84 valence electrons. The lowest BCUT2D eigenvalue weighted by Crippen LogP contribution is -2.41. The molecule has 0 radical (unpaired) electrons. The predicted molar refractivity (Wildman–Crippen MR) is 48.5 cm³/mol. The molecule has 0 spiro atoms. The molecular formula is C10H11F3O2. The van der Waals surface area contributed by atoms with Crippen molar-refractivity contribution in [3.63, 3.8) is 0 Å². The van der Waals surface area contributed by atoms with Crippen molar-refractivity contribution in [3.8, 4) is 5.75 Å². The first kappa shape index (κ1) is 11.8. The fraction of sp³-hybridized carbons (Fsp3) is 0.400. The minimum Gasteiger partial charge on any atom is -0.508 e. The van der Waals surface area contributed by atoms with Gasteiger partial charge in [0, 0.05) is 7.11 Å². The molecule has 1 rings (SSSR count). The number of ether oxygens (including phenoxy) is 1. The maximum atomic E-state index is 12.7. The third-order valence-electron chi connectivity index (χ3n) is 2.37. The van der Waals surface area contributed by atoms with Gasteiger partial charge in [-0.05, 0) is 24.6 Å². The topological polar surface area (TPSA) is 29.5 Å². The van der Waals surface area contributed by atoms with Crippen molar-refractivity contribution in [2.24, 2.45) is 0 Å². The lowest BCUT2D eigenvalue weighted by Gasteiger charge is -2.30. The Morgan fingerprint density at radius 1 is 1.13 bits per heavy atom. The second-order valence-electron chi connectivity index (χ2n) is 3.28. The van der Waals surface area contributed by atoms with Crippen LogP contribution < -0.4 is 0 Å². The Morgan fingerprint density at radius 2 is 1.60 bits per heavy atom. The van der Waals surface area contributed by atoms with E-state index in [1.807, 2.05) is 0 Å². The Kier molecular flexibility index (Phi) is 2.95. The molecule has 0 amide bonds. The summed E-state index contributed by atoms with van der Waals surface area (Å²) >= 11 is 0. The Balaban J connectivity index is 3.18. The first-order valence-corrected chi connectivity index (χ1v) is 4.22. The zero-order chi connectivity index (χ0) is 11.7. The highest BCUT2D eigenvalue weighted by atomic mass is 19.4. The van der Waals surface area contributed by atoms with Gasteiger partial charge in [-0.25, -0.2) is 0 Å². The summed E-state index contributed by atoms with van der Waals surface area (Å²) in [7, 11) is 1.00. The molecule has 15 heavy (non-hydrogen) atoms. The van der Waals surface area contributed by atoms with Crippen molar-refractivity contribution in [3.05, 3.63) is 29.8 Å². The van der Waals surface area contributed by atoms with Gasteiger partial charge in [0.15, 0.2) is 5.60 Å². The fourth-order valence-electron chi connectivity index (χ4n) is 1.18. The van der Waals surface area contributed by atoms with Gasteiger partial charge in [0.05, 0.1) is 0 Å². The van der Waals surface area contributed by atoms with Gasteiger partial charge in [0.25, 0.3) is 0 Å². The molecule has 0 bridgehead atoms. The second kappa shape index (κ2) is 3.73. The smallest absolute Gasteiger partial charge is 0.421 e. The number of rotatable bonds is 2. The highest BCUT2D eigenvalue weighted by molar-refractivity contribution is 5.30. The van der Waals surface area contributed by atoms with E-state index in [9.17, 15) is 13.2 Å². The van der Waals surface area contributed by atoms with E-state index in [1.54, 1.807) is 0 Å². The van der Waals surface area contributed by atoms with Gasteiger partial charge in [0.2, 0.25) is 0 Å². The Bertz CT molecular complexity index is 332. The molecule has 5 heteroatoms. The van der Waals surface area contributed by atoms with Crippen LogP contribution in [0.15, 0.2) is 24.3 Å². The monoisotopic (exact) mass is 220 g/mol. The molecule has 0 fully saturated rings. The van der Waals surface area contributed by atoms with E-state index < -0.39 is 11.8 Å². The maximum absolute atomic E-state index is 12.7. The summed E-state index contributed by atoms with van der Waals surface area (Å²) in [6.45, 7) is 0.944. The second-order valence-corrected chi connectivity index (χ2v) is 3.28. The fourth-order valence-corrected chi connectivity index (χ4v) is 1.18. The summed E-state index contributed by atoms with van der Waals surface area (Å²) in [6, 6.07) is 4.76. The summed E-state index contributed by atoms with van der Waals surface area (Å²) in [6.07, 6.45) is -4.50. The van der Waals surface area contributed by atoms with E-state index >= 15 is 0 Å². The van der Waals surface area contributed by atoms with Crippen molar-refractivity contribution in [2.75, 3.05) is 7.11 Å². The van der Waals surface area contributed by atoms with E-state index in [2.05, 4.69) is 4.74 Å². The van der Waals surface area contributed by atoms with Crippen molar-refractivity contribution in [1.82, 2.24) is 0 Å². The van der Waals surface area contributed by atoms with Crippen molar-refractivity contribution >= 4 is 0 Å². The van der Waals surface area contributed by atoms with Gasteiger partial charge in [-0.2, -0.15) is 13.2 Å². The number of phenols is 1. The average Bonchev–Trinajstić information content (AvgIpc) is 2.16. The summed E-state index contributed by atoms with van der Waals surface area (Å²) in [4.78, 5) is 0. The molecule has 2 nitrogen and oxygen atoms in total. The number of halogens is 3. The normalized spacial score (nSPS) is 16.1. The first-order valence-electron chi connectivity index (χ1n) is 4.22. The average molecular weight is 220 g/mol. The summed E-state index contributed by atoms with van der Waals surface area (Å²) in [5, 5.41) is 8.98. The quantitative estimate of drug-likeness (QED) is 0.830. The lowest BCUT2D eigenvalue weighted by atomic mass is 9.95. The Labute approximate surface area is 85.3 Å². The number of aromatic hydroxyl groups is 1. The maximum Gasteiger partial charge on any atom is 0.421 e. The number of methoxy groups -OCH3 is 1. The molecule has 0 aliphatic carbocycles. The summed E-state index contributed by atoms with van der Waals surface area (Å²) in [5.74, 6) is -0.0839. The predicted octanol–water partition coefficient (Wildman–Crippen LogP) is 2.82. The van der Waals surface area contributed by atoms with Crippen molar-refractivity contribution < 1.29 is 23.0 Å². The molecule has 1 atom stereocenters. The number of alkyl halides is 3. The third kappa shape index (κ3) is 2.07. The van der Waals surface area contributed by atoms with Gasteiger partial charge in [-0.3, -0.25) is 0 Å². The van der Waals surface area contributed by atoms with Crippen LogP contribution >= 0.6 is 0 Å². The van der Waals surface area contributed by atoms with Crippen molar-refractivity contribution in [2.45, 2.75) is 18.7 Å². The molecular weight excluding hydrogens is 209 g/mol. The molecule has 0 heterocycles. The largest absolute Gasteiger partial charge is 0.508 e. The van der Waals surface area contributed by atoms with E-state index in [-0.39, 0.29) is 11.3 Å². The molecule has 0 aliphatic heterocycles. The first-order chi connectivity index (χ1) is 6.81. The number of benzene rings is 1. The van der Waals surface area contributed by atoms with Crippen LogP contribution in [0.25, 0.3) is 0 Å². The van der Waals surface area contributed by atoms with Gasteiger partial charge in [-0.1, -0.05) is 12.1 Å². The zero-order valence-electron chi connectivity index (χ0n) is 8.30. The van der Waals surface area contributed by atoms with Gasteiger partial charge in [0.1, 0.15) is 5.75 Å². The molecule has 1 unspecified atom stereocenters. The molecule has 0 saturated carbocycles. The highest BCUT2D eigenvalue weighted by Crippen LogP contribution is 2.41. The van der Waals surface area contributed by atoms with E-state index in [0.717, 1.165) is 14.0 Å². The number of hydrogen-bond donors (Lipinski definition) is 1. The standard InChI is InChI=1S/C10H11F3O2/c1-9(15-2,10(11,12)13)7-3-5-8(14)6-4-7/h3-6,14H,1-2H3. The van der Waals surface area contributed by atoms with Crippen LogP contribution in [0.5, 0.6) is 5.75 Å². The summed E-state index contributed by atoms with van der Waals surface area (Å²) in [5.41, 5.74) is -2.39. The lowest BCUT2D eigenvalue weighted by molar-refractivity contribution is -0.269. The Hall–Kier alpha value is -1.23. The molecule has 1 aromatic carbocycles.